The van der Waals surface area contributed by atoms with Crippen LogP contribution in [0, 0.1) is 0 Å². The molecule has 0 aliphatic carbocycles. The van der Waals surface area contributed by atoms with Crippen molar-refractivity contribution in [2.24, 2.45) is 0 Å². The van der Waals surface area contributed by atoms with Crippen molar-refractivity contribution >= 4 is 27.6 Å². The summed E-state index contributed by atoms with van der Waals surface area (Å²) in [4.78, 5) is 0. The SMILES string of the molecule is C=C1[n+]2ccccc2-c2ccccc2OCCC2c3ccc4c(oc5ccccc54)c3-c3cc(C(C)C)cc[n+]3C12C. The standard InChI is InChI=1S/C38H34N2O2/c1-24(2)26-18-21-40-33(23-26)36-29(17-16-28-27-11-5-8-15-35(27)42-37(28)36)31-19-22-41-34-14-7-6-12-30(34)32-13-9-10-20-39(32)25(3)38(31,40)4/h5-18,20-21,23-24,31H,3,19,22H2,1-2,4H3/q+2. The van der Waals surface area contributed by atoms with Crippen LogP contribution in [0.4, 0.5) is 0 Å². The lowest BCUT2D eigenvalue weighted by atomic mass is 9.70. The second-order valence-electron chi connectivity index (χ2n) is 12.1. The summed E-state index contributed by atoms with van der Waals surface area (Å²) in [6, 6.07) is 32.2. The highest BCUT2D eigenvalue weighted by atomic mass is 16.5. The number of aromatic nitrogens is 2. The van der Waals surface area contributed by atoms with Crippen LogP contribution in [0.1, 0.15) is 50.2 Å². The van der Waals surface area contributed by atoms with Gasteiger partial charge in [-0.25, -0.2) is 0 Å². The lowest BCUT2D eigenvalue weighted by Gasteiger charge is -2.38. The minimum absolute atomic E-state index is 0.0887. The first-order valence-corrected chi connectivity index (χ1v) is 14.9. The summed E-state index contributed by atoms with van der Waals surface area (Å²) in [7, 11) is 0. The van der Waals surface area contributed by atoms with E-state index in [-0.39, 0.29) is 5.92 Å². The van der Waals surface area contributed by atoms with Crippen molar-refractivity contribution in [2.45, 2.75) is 44.6 Å². The lowest BCUT2D eigenvalue weighted by molar-refractivity contribution is -0.763. The topological polar surface area (TPSA) is 30.1 Å². The summed E-state index contributed by atoms with van der Waals surface area (Å²) < 4.78 is 18.0. The van der Waals surface area contributed by atoms with E-state index < -0.39 is 5.54 Å². The molecule has 0 fully saturated rings. The van der Waals surface area contributed by atoms with E-state index in [1.807, 2.05) is 12.1 Å². The zero-order valence-corrected chi connectivity index (χ0v) is 24.3. The number of furan rings is 1. The van der Waals surface area contributed by atoms with Gasteiger partial charge in [-0.2, -0.15) is 9.13 Å². The summed E-state index contributed by atoms with van der Waals surface area (Å²) in [6.45, 7) is 12.3. The first kappa shape index (κ1) is 25.0. The Morgan fingerprint density at radius 3 is 2.55 bits per heavy atom. The molecule has 3 aromatic carbocycles. The van der Waals surface area contributed by atoms with Crippen LogP contribution < -0.4 is 13.9 Å². The summed E-state index contributed by atoms with van der Waals surface area (Å²) >= 11 is 0. The number of benzene rings is 3. The Morgan fingerprint density at radius 2 is 1.67 bits per heavy atom. The molecule has 0 saturated carbocycles. The van der Waals surface area contributed by atoms with Crippen LogP contribution >= 0.6 is 0 Å². The predicted octanol–water partition coefficient (Wildman–Crippen LogP) is 8.38. The molecule has 6 aromatic rings. The van der Waals surface area contributed by atoms with Gasteiger partial charge in [0.15, 0.2) is 12.4 Å². The number of hydrogen-bond donors (Lipinski definition) is 0. The number of fused-ring (bicyclic) bond motifs is 13. The molecule has 5 heterocycles. The van der Waals surface area contributed by atoms with E-state index in [1.54, 1.807) is 0 Å². The molecular formula is C38H34N2O2+2. The van der Waals surface area contributed by atoms with Gasteiger partial charge in [-0.05, 0) is 54.3 Å². The molecule has 2 atom stereocenters. The Morgan fingerprint density at radius 1 is 0.857 bits per heavy atom. The smallest absolute Gasteiger partial charge is 0.255 e. The average Bonchev–Trinajstić information content (AvgIpc) is 3.40. The Hall–Kier alpha value is -4.70. The van der Waals surface area contributed by atoms with E-state index >= 15 is 0 Å². The fraction of sp³-hybridized carbons (Fsp3) is 0.211. The fourth-order valence-electron chi connectivity index (χ4n) is 7.31. The predicted molar refractivity (Wildman–Crippen MR) is 167 cm³/mol. The molecule has 0 N–H and O–H groups in total. The monoisotopic (exact) mass is 550 g/mol. The van der Waals surface area contributed by atoms with E-state index in [0.717, 1.165) is 56.8 Å². The number of hydrogen-bond acceptors (Lipinski definition) is 2. The Balaban J connectivity index is 1.46. The molecule has 0 radical (unpaired) electrons. The number of ether oxygens (including phenoxy) is 1. The van der Waals surface area contributed by atoms with Gasteiger partial charge >= 0.3 is 0 Å². The Labute approximate surface area is 246 Å². The van der Waals surface area contributed by atoms with Crippen molar-refractivity contribution in [1.29, 1.82) is 0 Å². The zero-order chi connectivity index (χ0) is 28.6. The lowest BCUT2D eigenvalue weighted by Crippen LogP contribution is -2.66. The van der Waals surface area contributed by atoms with Gasteiger partial charge in [0.1, 0.15) is 16.9 Å². The van der Waals surface area contributed by atoms with E-state index in [2.05, 4.69) is 121 Å². The van der Waals surface area contributed by atoms with Crippen molar-refractivity contribution in [3.63, 3.8) is 0 Å². The first-order chi connectivity index (χ1) is 20.5. The molecule has 4 nitrogen and oxygen atoms in total. The first-order valence-electron chi connectivity index (χ1n) is 14.9. The summed E-state index contributed by atoms with van der Waals surface area (Å²) in [5.41, 5.74) is 9.48. The third-order valence-corrected chi connectivity index (χ3v) is 9.60. The minimum Gasteiger partial charge on any atom is -0.493 e. The largest absolute Gasteiger partial charge is 0.493 e. The highest BCUT2D eigenvalue weighted by Crippen LogP contribution is 2.51. The molecule has 2 aliphatic rings. The van der Waals surface area contributed by atoms with Crippen LogP contribution in [-0.4, -0.2) is 6.61 Å². The van der Waals surface area contributed by atoms with Crippen molar-refractivity contribution in [2.75, 3.05) is 6.61 Å². The van der Waals surface area contributed by atoms with Crippen molar-refractivity contribution < 1.29 is 18.3 Å². The van der Waals surface area contributed by atoms with Crippen LogP contribution in [-0.2, 0) is 5.54 Å². The number of pyridine rings is 2. The Kier molecular flexibility index (Phi) is 5.46. The van der Waals surface area contributed by atoms with E-state index in [0.29, 0.717) is 12.5 Å². The molecule has 0 bridgehead atoms. The second kappa shape index (κ2) is 9.15. The molecule has 3 aromatic heterocycles. The maximum Gasteiger partial charge on any atom is 0.255 e. The second-order valence-corrected chi connectivity index (χ2v) is 12.1. The van der Waals surface area contributed by atoms with Crippen LogP contribution in [0.15, 0.2) is 114 Å². The Bertz CT molecular complexity index is 2050. The van der Waals surface area contributed by atoms with E-state index in [1.165, 1.54) is 16.7 Å². The molecular weight excluding hydrogens is 516 g/mol. The molecule has 0 saturated heterocycles. The zero-order valence-electron chi connectivity index (χ0n) is 24.3. The van der Waals surface area contributed by atoms with E-state index in [9.17, 15) is 0 Å². The van der Waals surface area contributed by atoms with Crippen LogP contribution in [0.25, 0.3) is 50.2 Å². The molecule has 8 rings (SSSR count). The van der Waals surface area contributed by atoms with Gasteiger partial charge in [0.05, 0.1) is 23.7 Å². The number of para-hydroxylation sites is 2. The number of nitrogens with zero attached hydrogens (tertiary/aromatic N) is 2. The van der Waals surface area contributed by atoms with Crippen LogP contribution in [0.5, 0.6) is 5.75 Å². The van der Waals surface area contributed by atoms with Gasteiger partial charge < -0.3 is 9.15 Å². The van der Waals surface area contributed by atoms with Gasteiger partial charge in [0.25, 0.3) is 11.2 Å². The molecule has 206 valence electrons. The van der Waals surface area contributed by atoms with E-state index in [4.69, 9.17) is 15.7 Å². The fourth-order valence-corrected chi connectivity index (χ4v) is 7.31. The van der Waals surface area contributed by atoms with Gasteiger partial charge in [-0.1, -0.05) is 56.3 Å². The average molecular weight is 551 g/mol. The third kappa shape index (κ3) is 3.41. The van der Waals surface area contributed by atoms with Crippen molar-refractivity contribution in [3.05, 3.63) is 121 Å². The molecule has 2 aliphatic heterocycles. The van der Waals surface area contributed by atoms with Gasteiger partial charge in [0, 0.05) is 42.0 Å². The summed E-state index contributed by atoms with van der Waals surface area (Å²) in [5.74, 6) is 1.38. The van der Waals surface area contributed by atoms with Crippen molar-refractivity contribution in [3.8, 4) is 28.3 Å². The van der Waals surface area contributed by atoms with Gasteiger partial charge in [-0.3, -0.25) is 0 Å². The maximum atomic E-state index is 6.68. The molecule has 42 heavy (non-hydrogen) atoms. The van der Waals surface area contributed by atoms with Crippen LogP contribution in [0.2, 0.25) is 0 Å². The van der Waals surface area contributed by atoms with Gasteiger partial charge in [0.2, 0.25) is 11.4 Å². The summed E-state index contributed by atoms with van der Waals surface area (Å²) in [5, 5.41) is 2.30. The minimum atomic E-state index is -0.478. The molecule has 2 unspecified atom stereocenters. The molecule has 4 heteroatoms. The number of rotatable bonds is 1. The number of allylic oxidation sites excluding steroid dienone is 1. The molecule has 0 amide bonds. The summed E-state index contributed by atoms with van der Waals surface area (Å²) in [6.07, 6.45) is 5.24. The quantitative estimate of drug-likeness (QED) is 0.193. The van der Waals surface area contributed by atoms with Crippen molar-refractivity contribution in [1.82, 2.24) is 0 Å². The van der Waals surface area contributed by atoms with Crippen LogP contribution in [0.3, 0.4) is 0 Å². The normalized spacial score (nSPS) is 19.4. The highest BCUT2D eigenvalue weighted by molar-refractivity contribution is 6.10. The maximum absolute atomic E-state index is 6.68. The molecule has 0 spiro atoms. The third-order valence-electron chi connectivity index (χ3n) is 9.60. The van der Waals surface area contributed by atoms with Gasteiger partial charge in [-0.15, -0.1) is 0 Å². The highest BCUT2D eigenvalue weighted by Gasteiger charge is 2.57.